The number of azo groups is 1. The van der Waals surface area contributed by atoms with Crippen LogP contribution in [0.5, 0.6) is 11.5 Å². The van der Waals surface area contributed by atoms with Gasteiger partial charge >= 0.3 is 23.9 Å². The number of carbonyl (C=O) groups is 4. The highest BCUT2D eigenvalue weighted by Crippen LogP contribution is 2.29. The van der Waals surface area contributed by atoms with Gasteiger partial charge in [0.2, 0.25) is 0 Å². The molecule has 0 saturated carbocycles. The summed E-state index contributed by atoms with van der Waals surface area (Å²) in [5.74, 6) is -4.91. The van der Waals surface area contributed by atoms with E-state index in [1.807, 2.05) is 0 Å². The van der Waals surface area contributed by atoms with Crippen molar-refractivity contribution in [3.05, 3.63) is 47.5 Å². The van der Waals surface area contributed by atoms with Crippen molar-refractivity contribution < 1.29 is 49.1 Å². The molecule has 2 atom stereocenters. The number of hydrogen-bond donors (Lipinski definition) is 4. The summed E-state index contributed by atoms with van der Waals surface area (Å²) in [7, 11) is 0. The van der Waals surface area contributed by atoms with Gasteiger partial charge in [0.05, 0.1) is 36.4 Å². The molecule has 0 saturated heterocycles. The van der Waals surface area contributed by atoms with Crippen LogP contribution < -0.4 is 9.47 Å². The molecular formula is C22H22N2O10. The molecule has 0 amide bonds. The summed E-state index contributed by atoms with van der Waals surface area (Å²) in [6.07, 6.45) is -2.57. The fraction of sp³-hybridized carbons (Fsp3) is 0.273. The minimum Gasteiger partial charge on any atom is -0.478 e. The van der Waals surface area contributed by atoms with Gasteiger partial charge < -0.3 is 29.9 Å². The molecule has 0 aliphatic rings. The molecule has 0 aliphatic heterocycles. The van der Waals surface area contributed by atoms with Crippen molar-refractivity contribution in [3.63, 3.8) is 0 Å². The van der Waals surface area contributed by atoms with E-state index in [1.165, 1.54) is 38.1 Å². The van der Waals surface area contributed by atoms with E-state index >= 15 is 0 Å². The second kappa shape index (κ2) is 11.6. The highest BCUT2D eigenvalue weighted by molar-refractivity contribution is 5.94. The molecule has 180 valence electrons. The number of carboxylic acids is 2. The number of rotatable bonds is 10. The number of aliphatic hydroxyl groups is 2. The van der Waals surface area contributed by atoms with E-state index < -0.39 is 36.1 Å². The van der Waals surface area contributed by atoms with Crippen LogP contribution >= 0.6 is 0 Å². The van der Waals surface area contributed by atoms with E-state index in [0.717, 1.165) is 12.1 Å². The highest BCUT2D eigenvalue weighted by Gasteiger charge is 2.18. The fourth-order valence-electron chi connectivity index (χ4n) is 2.60. The number of carbonyl (C=O) groups excluding carboxylic acids is 2. The van der Waals surface area contributed by atoms with Crippen LogP contribution in [0.25, 0.3) is 0 Å². The Bertz CT molecular complexity index is 1040. The van der Waals surface area contributed by atoms with Gasteiger partial charge in [-0.3, -0.25) is 9.59 Å². The van der Waals surface area contributed by atoms with E-state index in [-0.39, 0.29) is 46.8 Å². The normalized spacial score (nSPS) is 12.7. The molecule has 0 unspecified atom stereocenters. The molecular weight excluding hydrogens is 452 g/mol. The van der Waals surface area contributed by atoms with Gasteiger partial charge in [-0.05, 0) is 50.2 Å². The standard InChI is InChI=1S/C22H22N2O10/c1-11(25)7-19(27)33-17-5-3-13(9-15(17)21(29)30)23-24-14-4-6-18(16(10-14)22(31)32)34-20(28)8-12(2)26/h3-6,9-12,25-26H,7-8H2,1-2H3,(H,29,30)(H,31,32)/t11-,12-/m1/s1. The first-order chi connectivity index (χ1) is 16.0. The van der Waals surface area contributed by atoms with Crippen molar-refractivity contribution in [1.29, 1.82) is 0 Å². The van der Waals surface area contributed by atoms with E-state index in [4.69, 9.17) is 9.47 Å². The first kappa shape index (κ1) is 26.1. The number of hydrogen-bond acceptors (Lipinski definition) is 10. The Morgan fingerprint density at radius 3 is 1.38 bits per heavy atom. The minimum atomic E-state index is -1.39. The van der Waals surface area contributed by atoms with E-state index in [1.54, 1.807) is 0 Å². The predicted molar refractivity (Wildman–Crippen MR) is 115 cm³/mol. The molecule has 0 radical (unpaired) electrons. The molecule has 0 fully saturated rings. The van der Waals surface area contributed by atoms with Gasteiger partial charge in [-0.15, -0.1) is 0 Å². The lowest BCUT2D eigenvalue weighted by Crippen LogP contribution is -2.16. The average Bonchev–Trinajstić information content (AvgIpc) is 2.72. The van der Waals surface area contributed by atoms with Crippen LogP contribution in [0.3, 0.4) is 0 Å². The number of nitrogens with zero attached hydrogens (tertiary/aromatic N) is 2. The molecule has 0 bridgehead atoms. The minimum absolute atomic E-state index is 0.0667. The number of aliphatic hydroxyl groups excluding tert-OH is 2. The summed E-state index contributed by atoms with van der Waals surface area (Å²) in [6.45, 7) is 2.76. The maximum Gasteiger partial charge on any atom is 0.339 e. The predicted octanol–water partition coefficient (Wildman–Crippen LogP) is 2.85. The Morgan fingerprint density at radius 1 is 0.735 bits per heavy atom. The zero-order chi connectivity index (χ0) is 25.4. The average molecular weight is 474 g/mol. The van der Waals surface area contributed by atoms with Gasteiger partial charge in [-0.1, -0.05) is 0 Å². The lowest BCUT2D eigenvalue weighted by atomic mass is 10.1. The fourth-order valence-corrected chi connectivity index (χ4v) is 2.60. The third kappa shape index (κ3) is 7.76. The molecule has 2 rings (SSSR count). The molecule has 0 aromatic heterocycles. The zero-order valence-electron chi connectivity index (χ0n) is 18.2. The van der Waals surface area contributed by atoms with Crippen LogP contribution in [0.1, 0.15) is 47.4 Å². The summed E-state index contributed by atoms with van der Waals surface area (Å²) < 4.78 is 9.94. The maximum atomic E-state index is 11.7. The summed E-state index contributed by atoms with van der Waals surface area (Å²) in [4.78, 5) is 46.5. The second-order valence-corrected chi connectivity index (χ2v) is 7.23. The Balaban J connectivity index is 2.26. The maximum absolute atomic E-state index is 11.7. The summed E-state index contributed by atoms with van der Waals surface area (Å²) >= 11 is 0. The highest BCUT2D eigenvalue weighted by atomic mass is 16.5. The molecule has 2 aromatic carbocycles. The van der Waals surface area contributed by atoms with Crippen LogP contribution in [-0.2, 0) is 9.59 Å². The summed E-state index contributed by atoms with van der Waals surface area (Å²) in [6, 6.07) is 7.25. The lowest BCUT2D eigenvalue weighted by Gasteiger charge is -2.09. The number of esters is 2. The van der Waals surface area contributed by atoms with E-state index in [9.17, 15) is 39.6 Å². The summed E-state index contributed by atoms with van der Waals surface area (Å²) in [5, 5.41) is 45.0. The Labute approximate surface area is 193 Å². The van der Waals surface area contributed by atoms with Gasteiger partial charge in [-0.25, -0.2) is 9.59 Å². The monoisotopic (exact) mass is 474 g/mol. The van der Waals surface area contributed by atoms with Crippen molar-refractivity contribution in [2.45, 2.75) is 38.9 Å². The first-order valence-corrected chi connectivity index (χ1v) is 9.90. The molecule has 12 heteroatoms. The van der Waals surface area contributed by atoms with E-state index in [0.29, 0.717) is 0 Å². The van der Waals surface area contributed by atoms with Crippen LogP contribution in [0.2, 0.25) is 0 Å². The lowest BCUT2D eigenvalue weighted by molar-refractivity contribution is -0.137. The third-order valence-electron chi connectivity index (χ3n) is 4.04. The SMILES string of the molecule is C[C@@H](O)CC(=O)Oc1ccc(N=Nc2ccc(OC(=O)C[C@@H](C)O)c(C(=O)O)c2)cc1C(=O)O. The van der Waals surface area contributed by atoms with Gasteiger partial charge in [0, 0.05) is 0 Å². The number of carboxylic acid groups (broad SMARTS) is 2. The van der Waals surface area contributed by atoms with Crippen LogP contribution in [0.15, 0.2) is 46.6 Å². The van der Waals surface area contributed by atoms with Gasteiger partial charge in [0.15, 0.2) is 0 Å². The largest absolute Gasteiger partial charge is 0.478 e. The molecule has 2 aromatic rings. The number of aromatic carboxylic acids is 2. The van der Waals surface area contributed by atoms with Crippen molar-refractivity contribution >= 4 is 35.3 Å². The Kier molecular flexibility index (Phi) is 8.93. The van der Waals surface area contributed by atoms with Crippen molar-refractivity contribution in [2.75, 3.05) is 0 Å². The van der Waals surface area contributed by atoms with Crippen LogP contribution in [-0.4, -0.2) is 56.5 Å². The molecule has 0 spiro atoms. The summed E-state index contributed by atoms with van der Waals surface area (Å²) in [5.41, 5.74) is -0.613. The van der Waals surface area contributed by atoms with Gasteiger partial charge in [0.1, 0.15) is 22.6 Å². The van der Waals surface area contributed by atoms with Crippen molar-refractivity contribution in [1.82, 2.24) is 0 Å². The first-order valence-electron chi connectivity index (χ1n) is 9.90. The zero-order valence-corrected chi connectivity index (χ0v) is 18.2. The van der Waals surface area contributed by atoms with Gasteiger partial charge in [-0.2, -0.15) is 10.2 Å². The smallest absolute Gasteiger partial charge is 0.339 e. The molecule has 0 aliphatic carbocycles. The Morgan fingerprint density at radius 2 is 1.09 bits per heavy atom. The number of benzene rings is 2. The van der Waals surface area contributed by atoms with Gasteiger partial charge in [0.25, 0.3) is 0 Å². The number of ether oxygens (including phenoxy) is 2. The Hall–Kier alpha value is -4.16. The van der Waals surface area contributed by atoms with Crippen molar-refractivity contribution in [2.24, 2.45) is 10.2 Å². The van der Waals surface area contributed by atoms with E-state index in [2.05, 4.69) is 10.2 Å². The van der Waals surface area contributed by atoms with Crippen LogP contribution in [0.4, 0.5) is 11.4 Å². The van der Waals surface area contributed by atoms with Crippen LogP contribution in [0, 0.1) is 0 Å². The second-order valence-electron chi connectivity index (χ2n) is 7.23. The topological polar surface area (TPSA) is 192 Å². The van der Waals surface area contributed by atoms with Crippen molar-refractivity contribution in [3.8, 4) is 11.5 Å². The third-order valence-corrected chi connectivity index (χ3v) is 4.04. The molecule has 34 heavy (non-hydrogen) atoms. The molecule has 12 nitrogen and oxygen atoms in total. The molecule has 0 heterocycles. The quantitative estimate of drug-likeness (QED) is 0.226. The molecule has 4 N–H and O–H groups in total.